The Bertz CT molecular complexity index is 1300. The molecule has 3 N–H and O–H groups in total. The van der Waals surface area contributed by atoms with Crippen LogP contribution in [0, 0.1) is 11.6 Å². The van der Waals surface area contributed by atoms with Gasteiger partial charge in [-0.2, -0.15) is 9.78 Å². The Morgan fingerprint density at radius 3 is 2.50 bits per heavy atom. The summed E-state index contributed by atoms with van der Waals surface area (Å²) in [5.74, 6) is -2.59. The second-order valence-electron chi connectivity index (χ2n) is 7.78. The molecule has 4 rings (SSSR count). The van der Waals surface area contributed by atoms with Crippen molar-refractivity contribution in [1.82, 2.24) is 9.78 Å². The van der Waals surface area contributed by atoms with Crippen molar-refractivity contribution in [1.29, 1.82) is 0 Å². The fraction of sp³-hybridized carbons (Fsp3) is 0.250. The SMILES string of the molecule is CCN=Cc1c(N)ccc(NC(=O)c2ccc(=O)n(-c3c(F)cccc3F)n2)c1N1CCCC1. The van der Waals surface area contributed by atoms with Crippen molar-refractivity contribution >= 4 is 29.2 Å². The maximum Gasteiger partial charge on any atom is 0.276 e. The summed E-state index contributed by atoms with van der Waals surface area (Å²) in [5, 5.41) is 6.74. The number of halogens is 2. The number of carbonyl (C=O) groups excluding carboxylic acids is 1. The van der Waals surface area contributed by atoms with E-state index in [0.29, 0.717) is 28.2 Å². The van der Waals surface area contributed by atoms with Gasteiger partial charge in [-0.1, -0.05) is 6.07 Å². The van der Waals surface area contributed by atoms with Gasteiger partial charge in [-0.05, 0) is 50.1 Å². The van der Waals surface area contributed by atoms with Crippen LogP contribution < -0.4 is 21.5 Å². The Hall–Kier alpha value is -4.08. The minimum atomic E-state index is -0.970. The molecule has 0 atom stereocenters. The number of nitrogens with two attached hydrogens (primary N) is 1. The molecule has 1 fully saturated rings. The van der Waals surface area contributed by atoms with Crippen LogP contribution in [0.4, 0.5) is 25.8 Å². The van der Waals surface area contributed by atoms with Crippen molar-refractivity contribution < 1.29 is 13.6 Å². The highest BCUT2D eigenvalue weighted by molar-refractivity contribution is 6.08. The maximum atomic E-state index is 14.2. The van der Waals surface area contributed by atoms with E-state index in [0.717, 1.165) is 49.8 Å². The summed E-state index contributed by atoms with van der Waals surface area (Å²) in [6.07, 6.45) is 3.71. The molecule has 10 heteroatoms. The summed E-state index contributed by atoms with van der Waals surface area (Å²) in [4.78, 5) is 31.8. The molecule has 1 aliphatic rings. The Labute approximate surface area is 194 Å². The monoisotopic (exact) mass is 466 g/mol. The van der Waals surface area contributed by atoms with Gasteiger partial charge < -0.3 is 16.0 Å². The van der Waals surface area contributed by atoms with Crippen molar-refractivity contribution in [2.75, 3.05) is 35.6 Å². The Balaban J connectivity index is 1.74. The van der Waals surface area contributed by atoms with Crippen molar-refractivity contribution in [2.24, 2.45) is 4.99 Å². The highest BCUT2D eigenvalue weighted by atomic mass is 19.1. The average Bonchev–Trinajstić information content (AvgIpc) is 3.34. The van der Waals surface area contributed by atoms with Gasteiger partial charge >= 0.3 is 0 Å². The quantitative estimate of drug-likeness (QED) is 0.428. The van der Waals surface area contributed by atoms with Gasteiger partial charge in [0, 0.05) is 43.2 Å². The first kappa shape index (κ1) is 23.1. The number of hydrogen-bond acceptors (Lipinski definition) is 6. The first-order valence-electron chi connectivity index (χ1n) is 10.9. The van der Waals surface area contributed by atoms with Crippen LogP contribution in [0.5, 0.6) is 0 Å². The van der Waals surface area contributed by atoms with E-state index in [9.17, 15) is 18.4 Å². The molecule has 34 heavy (non-hydrogen) atoms. The number of hydrogen-bond donors (Lipinski definition) is 2. The molecular weight excluding hydrogens is 442 g/mol. The topological polar surface area (TPSA) is 106 Å². The smallest absolute Gasteiger partial charge is 0.276 e. The summed E-state index contributed by atoms with van der Waals surface area (Å²) in [6, 6.07) is 8.81. The molecule has 3 aromatic rings. The number of aromatic nitrogens is 2. The van der Waals surface area contributed by atoms with Gasteiger partial charge in [0.1, 0.15) is 11.4 Å². The van der Waals surface area contributed by atoms with Crippen LogP contribution >= 0.6 is 0 Å². The summed E-state index contributed by atoms with van der Waals surface area (Å²) >= 11 is 0. The van der Waals surface area contributed by atoms with E-state index in [2.05, 4.69) is 20.3 Å². The molecule has 2 heterocycles. The second-order valence-corrected chi connectivity index (χ2v) is 7.78. The van der Waals surface area contributed by atoms with Gasteiger partial charge in [-0.25, -0.2) is 8.78 Å². The van der Waals surface area contributed by atoms with Crippen LogP contribution in [0.2, 0.25) is 0 Å². The number of amides is 1. The van der Waals surface area contributed by atoms with Gasteiger partial charge in [0.25, 0.3) is 11.5 Å². The van der Waals surface area contributed by atoms with Crippen molar-refractivity contribution in [3.8, 4) is 5.69 Å². The van der Waals surface area contributed by atoms with Gasteiger partial charge in [0.05, 0.1) is 11.4 Å². The van der Waals surface area contributed by atoms with Crippen LogP contribution in [-0.4, -0.2) is 41.5 Å². The molecular formula is C24H24F2N6O2. The molecule has 1 saturated heterocycles. The zero-order valence-electron chi connectivity index (χ0n) is 18.6. The highest BCUT2D eigenvalue weighted by Crippen LogP contribution is 2.35. The zero-order valence-corrected chi connectivity index (χ0v) is 18.6. The Kier molecular flexibility index (Phi) is 6.67. The lowest BCUT2D eigenvalue weighted by Crippen LogP contribution is -2.27. The highest BCUT2D eigenvalue weighted by Gasteiger charge is 2.23. The van der Waals surface area contributed by atoms with E-state index in [1.165, 1.54) is 12.1 Å². The fourth-order valence-corrected chi connectivity index (χ4v) is 3.89. The standard InChI is InChI=1S/C24H24F2N6O2/c1-2-28-14-15-18(27)8-9-19(22(15)31-12-3-4-13-31)29-24(34)20-10-11-21(33)32(30-20)23-16(25)6-5-7-17(23)26/h5-11,14H,2-4,12-13,27H2,1H3,(H,29,34). The predicted molar refractivity (Wildman–Crippen MR) is 128 cm³/mol. The van der Waals surface area contributed by atoms with E-state index in [1.54, 1.807) is 18.3 Å². The number of benzene rings is 2. The lowest BCUT2D eigenvalue weighted by Gasteiger charge is -2.25. The maximum absolute atomic E-state index is 14.2. The number of aliphatic imine (C=N–C) groups is 1. The van der Waals surface area contributed by atoms with E-state index >= 15 is 0 Å². The van der Waals surface area contributed by atoms with E-state index in [1.807, 2.05) is 6.92 Å². The molecule has 2 aromatic carbocycles. The molecule has 0 unspecified atom stereocenters. The predicted octanol–water partition coefficient (Wildman–Crippen LogP) is 3.38. The number of rotatable bonds is 6. The van der Waals surface area contributed by atoms with E-state index in [-0.39, 0.29) is 5.69 Å². The third-order valence-electron chi connectivity index (χ3n) is 5.51. The molecule has 1 aromatic heterocycles. The Morgan fingerprint density at radius 1 is 1.12 bits per heavy atom. The number of anilines is 3. The Morgan fingerprint density at radius 2 is 1.82 bits per heavy atom. The first-order chi connectivity index (χ1) is 16.4. The average molecular weight is 466 g/mol. The number of carbonyl (C=O) groups is 1. The van der Waals surface area contributed by atoms with Crippen LogP contribution in [-0.2, 0) is 0 Å². The number of nitrogen functional groups attached to an aromatic ring is 1. The van der Waals surface area contributed by atoms with Crippen molar-refractivity contribution in [2.45, 2.75) is 19.8 Å². The molecule has 176 valence electrons. The fourth-order valence-electron chi connectivity index (χ4n) is 3.89. The molecule has 1 aliphatic heterocycles. The van der Waals surface area contributed by atoms with E-state index < -0.39 is 28.8 Å². The zero-order chi connectivity index (χ0) is 24.2. The van der Waals surface area contributed by atoms with Gasteiger partial charge in [-0.3, -0.25) is 14.6 Å². The largest absolute Gasteiger partial charge is 0.398 e. The lowest BCUT2D eigenvalue weighted by molar-refractivity contribution is 0.102. The first-order valence-corrected chi connectivity index (χ1v) is 10.9. The molecule has 0 aliphatic carbocycles. The van der Waals surface area contributed by atoms with Crippen LogP contribution in [0.1, 0.15) is 35.8 Å². The van der Waals surface area contributed by atoms with Gasteiger partial charge in [0.15, 0.2) is 11.6 Å². The van der Waals surface area contributed by atoms with Gasteiger partial charge in [-0.15, -0.1) is 0 Å². The van der Waals surface area contributed by atoms with Crippen molar-refractivity contribution in [3.63, 3.8) is 0 Å². The molecule has 0 saturated carbocycles. The van der Waals surface area contributed by atoms with Crippen molar-refractivity contribution in [3.05, 3.63) is 75.7 Å². The van der Waals surface area contributed by atoms with Crippen LogP contribution in [0.15, 0.2) is 52.3 Å². The van der Waals surface area contributed by atoms with Gasteiger partial charge in [0.2, 0.25) is 0 Å². The summed E-state index contributed by atoms with van der Waals surface area (Å²) in [6.45, 7) is 4.09. The molecule has 0 bridgehead atoms. The minimum absolute atomic E-state index is 0.185. The third kappa shape index (κ3) is 4.52. The molecule has 8 nitrogen and oxygen atoms in total. The normalized spacial score (nSPS) is 13.6. The van der Waals surface area contributed by atoms with Crippen LogP contribution in [0.25, 0.3) is 5.69 Å². The number of nitrogens with zero attached hydrogens (tertiary/aromatic N) is 4. The lowest BCUT2D eigenvalue weighted by atomic mass is 10.1. The molecule has 1 amide bonds. The number of nitrogens with one attached hydrogen (secondary N) is 1. The summed E-state index contributed by atoms with van der Waals surface area (Å²) in [5.41, 5.74) is 7.08. The number of para-hydroxylation sites is 1. The second kappa shape index (κ2) is 9.82. The molecule has 0 radical (unpaired) electrons. The summed E-state index contributed by atoms with van der Waals surface area (Å²) < 4.78 is 29.0. The summed E-state index contributed by atoms with van der Waals surface area (Å²) in [7, 11) is 0. The van der Waals surface area contributed by atoms with E-state index in [4.69, 9.17) is 5.73 Å². The molecule has 0 spiro atoms. The van der Waals surface area contributed by atoms with Crippen LogP contribution in [0.3, 0.4) is 0 Å². The minimum Gasteiger partial charge on any atom is -0.398 e. The third-order valence-corrected chi connectivity index (χ3v) is 5.51.